The monoisotopic (exact) mass is 484 g/mol. The van der Waals surface area contributed by atoms with Gasteiger partial charge in [-0.1, -0.05) is 0 Å². The quantitative estimate of drug-likeness (QED) is 0.561. The van der Waals surface area contributed by atoms with Gasteiger partial charge in [0.2, 0.25) is 0 Å². The molecule has 4 unspecified atom stereocenters. The summed E-state index contributed by atoms with van der Waals surface area (Å²) in [6.07, 6.45) is 2.43. The predicted molar refractivity (Wildman–Crippen MR) is 117 cm³/mol. The molecule has 6 rings (SSSR count). The molecule has 1 amide bonds. The smallest absolute Gasteiger partial charge is 0.363 e. The largest absolute Gasteiger partial charge is 0.417 e. The van der Waals surface area contributed by atoms with E-state index in [-0.39, 0.29) is 29.2 Å². The highest BCUT2D eigenvalue weighted by molar-refractivity contribution is 6.00. The van der Waals surface area contributed by atoms with Crippen molar-refractivity contribution in [1.29, 1.82) is 0 Å². The second kappa shape index (κ2) is 7.43. The van der Waals surface area contributed by atoms with E-state index in [1.54, 1.807) is 35.6 Å². The molecule has 7 nitrogen and oxygen atoms in total. The molecule has 1 spiro atoms. The van der Waals surface area contributed by atoms with E-state index in [1.165, 1.54) is 0 Å². The zero-order chi connectivity index (χ0) is 24.5. The summed E-state index contributed by atoms with van der Waals surface area (Å²) in [5.74, 6) is -0.837. The highest BCUT2D eigenvalue weighted by Gasteiger charge is 2.75. The summed E-state index contributed by atoms with van der Waals surface area (Å²) < 4.78 is 53.0. The first-order chi connectivity index (χ1) is 16.7. The molecule has 3 aromatic rings. The van der Waals surface area contributed by atoms with Crippen molar-refractivity contribution in [3.63, 3.8) is 0 Å². The van der Waals surface area contributed by atoms with Crippen molar-refractivity contribution in [2.45, 2.75) is 38.0 Å². The lowest BCUT2D eigenvalue weighted by Crippen LogP contribution is -2.60. The number of carbonyl (C=O) groups excluding carboxylic acids is 1. The van der Waals surface area contributed by atoms with E-state index >= 15 is 0 Å². The van der Waals surface area contributed by atoms with Crippen molar-refractivity contribution in [2.24, 2.45) is 11.3 Å². The number of anilines is 1. The number of aromatic nitrogens is 4. The number of likely N-dealkylation sites (tertiary alicyclic amines) is 1. The van der Waals surface area contributed by atoms with Crippen LogP contribution in [0.3, 0.4) is 0 Å². The Hall–Kier alpha value is -3.63. The molecule has 0 bridgehead atoms. The van der Waals surface area contributed by atoms with Gasteiger partial charge in [-0.05, 0) is 54.9 Å². The first-order valence-electron chi connectivity index (χ1n) is 11.2. The molecule has 180 valence electrons. The molecular weight excluding hydrogens is 464 g/mol. The number of alkyl halides is 3. The molecule has 4 atom stereocenters. The molecule has 1 saturated heterocycles. The average Bonchev–Trinajstić information content (AvgIpc) is 3.48. The number of halogens is 4. The van der Waals surface area contributed by atoms with Gasteiger partial charge in [0.05, 0.1) is 17.2 Å². The Balaban J connectivity index is 1.28. The first-order valence-corrected chi connectivity index (χ1v) is 11.2. The van der Waals surface area contributed by atoms with Crippen LogP contribution in [0.4, 0.5) is 23.4 Å². The Bertz CT molecular complexity index is 1330. The van der Waals surface area contributed by atoms with Gasteiger partial charge in [0, 0.05) is 37.4 Å². The number of hydrogen-bond acceptors (Lipinski definition) is 6. The number of amides is 1. The summed E-state index contributed by atoms with van der Waals surface area (Å²) in [5, 5.41) is 2.95. The van der Waals surface area contributed by atoms with Gasteiger partial charge in [0.15, 0.2) is 17.5 Å². The minimum absolute atomic E-state index is 0.0314. The van der Waals surface area contributed by atoms with E-state index in [1.807, 2.05) is 6.92 Å². The number of rotatable bonds is 4. The van der Waals surface area contributed by atoms with E-state index in [0.29, 0.717) is 48.2 Å². The van der Waals surface area contributed by atoms with Gasteiger partial charge in [0.25, 0.3) is 5.91 Å². The van der Waals surface area contributed by atoms with E-state index in [0.717, 1.165) is 12.0 Å². The Morgan fingerprint density at radius 2 is 1.89 bits per heavy atom. The fourth-order valence-corrected chi connectivity index (χ4v) is 5.72. The Morgan fingerprint density at radius 3 is 2.60 bits per heavy atom. The molecule has 3 fully saturated rings. The molecule has 3 aliphatic rings. The normalized spacial score (nSPS) is 26.5. The molecule has 11 heteroatoms. The zero-order valence-electron chi connectivity index (χ0n) is 18.6. The molecule has 1 aliphatic heterocycles. The molecule has 2 saturated carbocycles. The van der Waals surface area contributed by atoms with Crippen LogP contribution < -0.4 is 5.32 Å². The average molecular weight is 484 g/mol. The summed E-state index contributed by atoms with van der Waals surface area (Å²) in [6, 6.07) is 3.34. The Labute approximate surface area is 197 Å². The molecule has 3 aromatic heterocycles. The van der Waals surface area contributed by atoms with Gasteiger partial charge < -0.3 is 10.2 Å². The fraction of sp³-hybridized carbons (Fsp3) is 0.375. The fourth-order valence-electron chi connectivity index (χ4n) is 5.72. The van der Waals surface area contributed by atoms with Crippen LogP contribution in [0.15, 0.2) is 43.0 Å². The van der Waals surface area contributed by atoms with Gasteiger partial charge in [-0.15, -0.1) is 0 Å². The summed E-state index contributed by atoms with van der Waals surface area (Å²) in [7, 11) is 0. The highest BCUT2D eigenvalue weighted by Crippen LogP contribution is 2.71. The number of hydrogen-bond donors (Lipinski definition) is 1. The Morgan fingerprint density at radius 1 is 1.11 bits per heavy atom. The topological polar surface area (TPSA) is 83.9 Å². The van der Waals surface area contributed by atoms with Crippen LogP contribution in [0.5, 0.6) is 0 Å². The minimum Gasteiger partial charge on any atom is -0.363 e. The lowest BCUT2D eigenvalue weighted by molar-refractivity contribution is -0.138. The van der Waals surface area contributed by atoms with Crippen molar-refractivity contribution in [3.8, 4) is 11.5 Å². The number of carbonyl (C=O) groups is 1. The first kappa shape index (κ1) is 21.9. The van der Waals surface area contributed by atoms with Crippen molar-refractivity contribution >= 4 is 11.7 Å². The minimum atomic E-state index is -4.68. The zero-order valence-corrected chi connectivity index (χ0v) is 18.6. The summed E-state index contributed by atoms with van der Waals surface area (Å²) in [5.41, 5.74) is 0.405. The van der Waals surface area contributed by atoms with Gasteiger partial charge in [0.1, 0.15) is 5.69 Å². The standard InChI is InChI=1S/C24H20F4N6O/c1-12-5-15(18(31-9-12)21-29-3-2-4-30-21)22(35)34-11-14-7-23(14)8-17(19(23)34)33-20-16(25)6-13(10-32-20)24(26,27)28/h2-6,9-10,14,17,19H,7-8,11H2,1H3,(H,32,33). The summed E-state index contributed by atoms with van der Waals surface area (Å²) in [4.78, 5) is 32.1. The van der Waals surface area contributed by atoms with Crippen molar-refractivity contribution < 1.29 is 22.4 Å². The lowest BCUT2D eigenvalue weighted by atomic mass is 9.71. The predicted octanol–water partition coefficient (Wildman–Crippen LogP) is 4.12. The van der Waals surface area contributed by atoms with Crippen LogP contribution in [-0.4, -0.2) is 49.4 Å². The molecule has 0 aromatic carbocycles. The number of piperidine rings is 1. The maximum Gasteiger partial charge on any atom is 0.417 e. The third-order valence-corrected chi connectivity index (χ3v) is 7.39. The van der Waals surface area contributed by atoms with Gasteiger partial charge in [-0.25, -0.2) is 19.3 Å². The van der Waals surface area contributed by atoms with E-state index in [9.17, 15) is 22.4 Å². The second-order valence-electron chi connectivity index (χ2n) is 9.52. The van der Waals surface area contributed by atoms with Crippen molar-refractivity contribution in [3.05, 3.63) is 65.5 Å². The maximum atomic E-state index is 14.4. The van der Waals surface area contributed by atoms with E-state index in [4.69, 9.17) is 0 Å². The van der Waals surface area contributed by atoms with Crippen molar-refractivity contribution in [1.82, 2.24) is 24.8 Å². The number of nitrogens with zero attached hydrogens (tertiary/aromatic N) is 5. The second-order valence-corrected chi connectivity index (χ2v) is 9.52. The van der Waals surface area contributed by atoms with Crippen LogP contribution in [0.2, 0.25) is 0 Å². The third kappa shape index (κ3) is 3.43. The van der Waals surface area contributed by atoms with Crippen molar-refractivity contribution in [2.75, 3.05) is 11.9 Å². The van der Waals surface area contributed by atoms with Gasteiger partial charge in [-0.3, -0.25) is 9.78 Å². The number of aryl methyl sites for hydroxylation is 1. The SMILES string of the molecule is Cc1cnc(-c2ncccn2)c(C(=O)N2CC3CC34CC(Nc3ncc(C(F)(F)F)cc3F)C24)c1. The molecular formula is C24H20F4N6O. The Kier molecular flexibility index (Phi) is 4.64. The van der Waals surface area contributed by atoms with Gasteiger partial charge in [-0.2, -0.15) is 13.2 Å². The van der Waals surface area contributed by atoms with E-state index < -0.39 is 17.6 Å². The van der Waals surface area contributed by atoms with Crippen LogP contribution in [0.25, 0.3) is 11.5 Å². The molecule has 1 N–H and O–H groups in total. The van der Waals surface area contributed by atoms with Crippen LogP contribution in [0, 0.1) is 24.1 Å². The maximum absolute atomic E-state index is 14.4. The van der Waals surface area contributed by atoms with Crippen LogP contribution in [0.1, 0.15) is 34.3 Å². The van der Waals surface area contributed by atoms with Crippen LogP contribution >= 0.6 is 0 Å². The van der Waals surface area contributed by atoms with Gasteiger partial charge >= 0.3 is 6.18 Å². The summed E-state index contributed by atoms with van der Waals surface area (Å²) in [6.45, 7) is 2.41. The molecule has 35 heavy (non-hydrogen) atoms. The summed E-state index contributed by atoms with van der Waals surface area (Å²) >= 11 is 0. The number of nitrogens with one attached hydrogen (secondary N) is 1. The van der Waals surface area contributed by atoms with Crippen LogP contribution in [-0.2, 0) is 6.18 Å². The highest BCUT2D eigenvalue weighted by atomic mass is 19.4. The number of pyridine rings is 2. The third-order valence-electron chi connectivity index (χ3n) is 7.39. The molecule has 2 aliphatic carbocycles. The molecule has 0 radical (unpaired) electrons. The van der Waals surface area contributed by atoms with E-state index in [2.05, 4.69) is 25.3 Å². The lowest BCUT2D eigenvalue weighted by Gasteiger charge is -2.48. The molecule has 4 heterocycles.